The molecule has 1 saturated carbocycles. The molecule has 0 spiro atoms. The molecule has 0 aromatic heterocycles. The van der Waals surface area contributed by atoms with Crippen LogP contribution in [0.15, 0.2) is 23.8 Å². The SMILES string of the molecule is COC(=O)/C=C(C)\C=C\[C@]1(O)[C@@]2(C)CO[C@]1(C)C[C@@H](O)C2. The summed E-state index contributed by atoms with van der Waals surface area (Å²) in [5, 5.41) is 21.2. The molecule has 5 heteroatoms. The molecule has 0 unspecified atom stereocenters. The summed E-state index contributed by atoms with van der Waals surface area (Å²) in [6.07, 6.45) is 5.18. The van der Waals surface area contributed by atoms with Gasteiger partial charge in [0.1, 0.15) is 11.2 Å². The molecule has 2 rings (SSSR count). The predicted molar refractivity (Wildman–Crippen MR) is 77.6 cm³/mol. The van der Waals surface area contributed by atoms with Crippen LogP contribution < -0.4 is 0 Å². The molecule has 1 aliphatic carbocycles. The summed E-state index contributed by atoms with van der Waals surface area (Å²) in [6.45, 7) is 5.91. The van der Waals surface area contributed by atoms with Gasteiger partial charge in [-0.25, -0.2) is 4.79 Å². The van der Waals surface area contributed by atoms with Crippen molar-refractivity contribution >= 4 is 5.97 Å². The first-order valence-electron chi connectivity index (χ1n) is 7.16. The van der Waals surface area contributed by atoms with Crippen LogP contribution in [0.3, 0.4) is 0 Å². The number of aliphatic hydroxyl groups is 2. The van der Waals surface area contributed by atoms with Gasteiger partial charge in [-0.05, 0) is 31.9 Å². The van der Waals surface area contributed by atoms with Crippen LogP contribution in [0.2, 0.25) is 0 Å². The number of rotatable bonds is 3. The van der Waals surface area contributed by atoms with Crippen molar-refractivity contribution in [2.75, 3.05) is 13.7 Å². The zero-order chi connectivity index (χ0) is 15.9. The van der Waals surface area contributed by atoms with E-state index in [-0.39, 0.29) is 0 Å². The molecule has 0 radical (unpaired) electrons. The van der Waals surface area contributed by atoms with Crippen molar-refractivity contribution in [3.05, 3.63) is 23.8 Å². The van der Waals surface area contributed by atoms with Gasteiger partial charge in [-0.1, -0.05) is 13.0 Å². The third-order valence-electron chi connectivity index (χ3n) is 4.88. The monoisotopic (exact) mass is 296 g/mol. The lowest BCUT2D eigenvalue weighted by molar-refractivity contribution is -0.150. The molecular weight excluding hydrogens is 272 g/mol. The van der Waals surface area contributed by atoms with Gasteiger partial charge >= 0.3 is 5.97 Å². The predicted octanol–water partition coefficient (Wildman–Crippen LogP) is 1.34. The quantitative estimate of drug-likeness (QED) is 0.467. The van der Waals surface area contributed by atoms with Crippen molar-refractivity contribution in [2.24, 2.45) is 5.41 Å². The van der Waals surface area contributed by atoms with Gasteiger partial charge in [-0.15, -0.1) is 0 Å². The maximum atomic E-state index is 11.2. The first kappa shape index (κ1) is 16.2. The van der Waals surface area contributed by atoms with Crippen molar-refractivity contribution in [2.45, 2.75) is 50.9 Å². The lowest BCUT2D eigenvalue weighted by Gasteiger charge is -2.49. The van der Waals surface area contributed by atoms with Gasteiger partial charge < -0.3 is 19.7 Å². The van der Waals surface area contributed by atoms with Crippen molar-refractivity contribution in [1.29, 1.82) is 0 Å². The topological polar surface area (TPSA) is 76.0 Å². The van der Waals surface area contributed by atoms with Crippen LogP contribution in [-0.2, 0) is 14.3 Å². The second-order valence-corrected chi connectivity index (χ2v) is 6.65. The molecule has 4 atom stereocenters. The fourth-order valence-electron chi connectivity index (χ4n) is 3.57. The Morgan fingerprint density at radius 1 is 1.38 bits per heavy atom. The second-order valence-electron chi connectivity index (χ2n) is 6.65. The third kappa shape index (κ3) is 2.54. The molecule has 0 aromatic rings. The van der Waals surface area contributed by atoms with Gasteiger partial charge in [0.2, 0.25) is 0 Å². The number of fused-ring (bicyclic) bond motifs is 2. The van der Waals surface area contributed by atoms with E-state index >= 15 is 0 Å². The van der Waals surface area contributed by atoms with E-state index in [0.29, 0.717) is 25.0 Å². The number of aliphatic hydroxyl groups excluding tert-OH is 1. The molecule has 5 nitrogen and oxygen atoms in total. The summed E-state index contributed by atoms with van der Waals surface area (Å²) < 4.78 is 10.4. The van der Waals surface area contributed by atoms with E-state index in [2.05, 4.69) is 4.74 Å². The number of carbonyl (C=O) groups excluding carboxylic acids is 1. The van der Waals surface area contributed by atoms with Crippen molar-refractivity contribution in [3.8, 4) is 0 Å². The molecule has 1 saturated heterocycles. The highest BCUT2D eigenvalue weighted by atomic mass is 16.5. The van der Waals surface area contributed by atoms with Gasteiger partial charge in [0.15, 0.2) is 0 Å². The summed E-state index contributed by atoms with van der Waals surface area (Å²) >= 11 is 0. The fraction of sp³-hybridized carbons (Fsp3) is 0.688. The van der Waals surface area contributed by atoms with E-state index in [0.717, 1.165) is 0 Å². The molecule has 2 N–H and O–H groups in total. The minimum Gasteiger partial charge on any atom is -0.466 e. The molecule has 2 bridgehead atoms. The van der Waals surface area contributed by atoms with Crippen LogP contribution in [0.1, 0.15) is 33.6 Å². The van der Waals surface area contributed by atoms with Crippen LogP contribution in [-0.4, -0.2) is 47.2 Å². The standard InChI is InChI=1S/C16H24O5/c1-11(7-13(18)20-4)5-6-16(19)14(2)8-12(17)9-15(16,3)21-10-14/h5-7,12,17,19H,8-10H2,1-4H3/b6-5+,11-7-/t12-,14+,15+,16-/m0/s1. The summed E-state index contributed by atoms with van der Waals surface area (Å²) in [4.78, 5) is 11.2. The summed E-state index contributed by atoms with van der Waals surface area (Å²) in [7, 11) is 1.32. The maximum absolute atomic E-state index is 11.2. The third-order valence-corrected chi connectivity index (χ3v) is 4.88. The zero-order valence-electron chi connectivity index (χ0n) is 13.0. The van der Waals surface area contributed by atoms with Gasteiger partial charge in [-0.2, -0.15) is 0 Å². The van der Waals surface area contributed by atoms with Gasteiger partial charge in [0.25, 0.3) is 0 Å². The number of methoxy groups -OCH3 is 1. The van der Waals surface area contributed by atoms with E-state index in [1.165, 1.54) is 13.2 Å². The molecule has 0 amide bonds. The van der Waals surface area contributed by atoms with Gasteiger partial charge in [0, 0.05) is 17.9 Å². The zero-order valence-corrected chi connectivity index (χ0v) is 13.0. The number of ether oxygens (including phenoxy) is 2. The van der Waals surface area contributed by atoms with Gasteiger partial charge in [-0.3, -0.25) is 0 Å². The van der Waals surface area contributed by atoms with Gasteiger partial charge in [0.05, 0.1) is 19.8 Å². The molecule has 1 heterocycles. The van der Waals surface area contributed by atoms with Crippen molar-refractivity contribution in [3.63, 3.8) is 0 Å². The van der Waals surface area contributed by atoms with E-state index in [1.54, 1.807) is 19.1 Å². The average Bonchev–Trinajstić information content (AvgIpc) is 2.51. The van der Waals surface area contributed by atoms with E-state index in [4.69, 9.17) is 4.74 Å². The Morgan fingerprint density at radius 3 is 2.62 bits per heavy atom. The minimum atomic E-state index is -1.18. The van der Waals surface area contributed by atoms with E-state index in [9.17, 15) is 15.0 Å². The fourth-order valence-corrected chi connectivity index (χ4v) is 3.57. The van der Waals surface area contributed by atoms with Crippen LogP contribution >= 0.6 is 0 Å². The molecule has 2 aliphatic rings. The highest BCUT2D eigenvalue weighted by Crippen LogP contribution is 2.57. The molecule has 21 heavy (non-hydrogen) atoms. The molecule has 0 aromatic carbocycles. The van der Waals surface area contributed by atoms with E-state index in [1.807, 2.05) is 13.8 Å². The smallest absolute Gasteiger partial charge is 0.330 e. The lowest BCUT2D eigenvalue weighted by Crippen LogP contribution is -2.60. The summed E-state index contributed by atoms with van der Waals surface area (Å²) in [5.74, 6) is -0.431. The first-order chi connectivity index (χ1) is 9.66. The average molecular weight is 296 g/mol. The maximum Gasteiger partial charge on any atom is 0.330 e. The normalized spacial score (nSPS) is 43.3. The number of hydrogen-bond acceptors (Lipinski definition) is 5. The molecular formula is C16H24O5. The lowest BCUT2D eigenvalue weighted by atomic mass is 9.59. The number of hydrogen-bond donors (Lipinski definition) is 2. The highest BCUT2D eigenvalue weighted by molar-refractivity contribution is 5.83. The Morgan fingerprint density at radius 2 is 2.05 bits per heavy atom. The van der Waals surface area contributed by atoms with Crippen molar-refractivity contribution < 1.29 is 24.5 Å². The van der Waals surface area contributed by atoms with Crippen molar-refractivity contribution in [1.82, 2.24) is 0 Å². The van der Waals surface area contributed by atoms with Crippen LogP contribution in [0, 0.1) is 5.41 Å². The Bertz CT molecular complexity index is 475. The molecule has 1 aliphatic heterocycles. The number of esters is 1. The largest absolute Gasteiger partial charge is 0.466 e. The Hall–Kier alpha value is -1.17. The Balaban J connectivity index is 2.30. The number of carbonyl (C=O) groups is 1. The molecule has 2 fully saturated rings. The van der Waals surface area contributed by atoms with E-state index < -0.39 is 28.7 Å². The highest BCUT2D eigenvalue weighted by Gasteiger charge is 2.67. The number of allylic oxidation sites excluding steroid dienone is 2. The summed E-state index contributed by atoms with van der Waals surface area (Å²) in [6, 6.07) is 0. The first-order valence-corrected chi connectivity index (χ1v) is 7.16. The molecule has 118 valence electrons. The summed E-state index contributed by atoms with van der Waals surface area (Å²) in [5.41, 5.74) is -1.85. The second kappa shape index (κ2) is 5.23. The van der Waals surface area contributed by atoms with Crippen LogP contribution in [0.25, 0.3) is 0 Å². The Kier molecular flexibility index (Phi) is 4.04. The van der Waals surface area contributed by atoms with Crippen LogP contribution in [0.5, 0.6) is 0 Å². The Labute approximate surface area is 125 Å². The minimum absolute atomic E-state index is 0.392. The van der Waals surface area contributed by atoms with Crippen LogP contribution in [0.4, 0.5) is 0 Å².